The van der Waals surface area contributed by atoms with Crippen molar-refractivity contribution in [2.24, 2.45) is 0 Å². The number of nitrogens with zero attached hydrogens (tertiary/aromatic N) is 3. The largest absolute Gasteiger partial charge is 0.394 e. The second-order valence-corrected chi connectivity index (χ2v) is 3.99. The lowest BCUT2D eigenvalue weighted by atomic mass is 10.2. The fraction of sp³-hybridized carbons (Fsp3) is 0.545. The first-order chi connectivity index (χ1) is 8.78. The minimum absolute atomic E-state index is 0.0209. The van der Waals surface area contributed by atoms with Gasteiger partial charge < -0.3 is 15.7 Å². The Morgan fingerprint density at radius 2 is 2.22 bits per heavy atom. The normalized spacial score (nSPS) is 12.6. The van der Waals surface area contributed by atoms with Gasteiger partial charge in [-0.25, -0.2) is 0 Å². The first-order valence-corrected chi connectivity index (χ1v) is 6.10. The zero-order valence-electron chi connectivity index (χ0n) is 10.6. The Bertz CT molecular complexity index is 507. The predicted molar refractivity (Wildman–Crippen MR) is 70.6 cm³/mol. The maximum atomic E-state index is 9.24. The molecule has 98 valence electrons. The summed E-state index contributed by atoms with van der Waals surface area (Å²) >= 11 is 0. The van der Waals surface area contributed by atoms with Gasteiger partial charge >= 0.3 is 0 Å². The molecule has 0 saturated heterocycles. The lowest BCUT2D eigenvalue weighted by Crippen LogP contribution is -2.23. The number of nitrogens with one attached hydrogen (secondary N) is 3. The Balaban J connectivity index is 2.36. The molecule has 1 unspecified atom stereocenters. The van der Waals surface area contributed by atoms with Crippen molar-refractivity contribution in [1.29, 1.82) is 0 Å². The number of aromatic amines is 1. The molecule has 0 radical (unpaired) electrons. The van der Waals surface area contributed by atoms with Gasteiger partial charge in [0.1, 0.15) is 5.82 Å². The van der Waals surface area contributed by atoms with E-state index >= 15 is 0 Å². The molecule has 2 rings (SSSR count). The number of fused-ring (bicyclic) bond motifs is 1. The van der Waals surface area contributed by atoms with Gasteiger partial charge in [-0.3, -0.25) is 5.10 Å². The van der Waals surface area contributed by atoms with Gasteiger partial charge in [0.2, 0.25) is 5.95 Å². The van der Waals surface area contributed by atoms with Crippen LogP contribution in [0.15, 0.2) is 6.20 Å². The Morgan fingerprint density at radius 3 is 2.89 bits per heavy atom. The molecule has 0 saturated carbocycles. The molecule has 0 aliphatic heterocycles. The number of aliphatic hydroxyl groups excluding tert-OH is 1. The summed E-state index contributed by atoms with van der Waals surface area (Å²) in [7, 11) is 0. The van der Waals surface area contributed by atoms with E-state index in [1.165, 1.54) is 0 Å². The highest BCUT2D eigenvalue weighted by Gasteiger charge is 2.12. The maximum Gasteiger partial charge on any atom is 0.226 e. The summed E-state index contributed by atoms with van der Waals surface area (Å²) < 4.78 is 0. The summed E-state index contributed by atoms with van der Waals surface area (Å²) in [6.07, 6.45) is 2.49. The maximum absolute atomic E-state index is 9.24. The lowest BCUT2D eigenvalue weighted by Gasteiger charge is -2.15. The van der Waals surface area contributed by atoms with Gasteiger partial charge in [0.15, 0.2) is 5.65 Å². The molecule has 0 spiro atoms. The van der Waals surface area contributed by atoms with Crippen LogP contribution in [0, 0.1) is 0 Å². The molecular formula is C11H18N6O. The minimum Gasteiger partial charge on any atom is -0.394 e. The van der Waals surface area contributed by atoms with E-state index in [0.717, 1.165) is 18.4 Å². The molecular weight excluding hydrogens is 232 g/mol. The van der Waals surface area contributed by atoms with Crippen LogP contribution >= 0.6 is 0 Å². The summed E-state index contributed by atoms with van der Waals surface area (Å²) in [5, 5.41) is 23.1. The van der Waals surface area contributed by atoms with Crippen molar-refractivity contribution in [3.05, 3.63) is 6.20 Å². The van der Waals surface area contributed by atoms with Crippen molar-refractivity contribution in [3.8, 4) is 0 Å². The fourth-order valence-electron chi connectivity index (χ4n) is 1.65. The Kier molecular flexibility index (Phi) is 3.93. The van der Waals surface area contributed by atoms with Crippen LogP contribution in [0.2, 0.25) is 0 Å². The van der Waals surface area contributed by atoms with Crippen LogP contribution < -0.4 is 10.6 Å². The summed E-state index contributed by atoms with van der Waals surface area (Å²) in [6, 6.07) is -0.0209. The van der Waals surface area contributed by atoms with Crippen molar-refractivity contribution < 1.29 is 5.11 Å². The highest BCUT2D eigenvalue weighted by Crippen LogP contribution is 2.20. The van der Waals surface area contributed by atoms with Crippen LogP contribution in [0.1, 0.15) is 20.3 Å². The molecule has 2 aromatic heterocycles. The Hall–Kier alpha value is -1.89. The van der Waals surface area contributed by atoms with Crippen LogP contribution in [0.4, 0.5) is 11.8 Å². The van der Waals surface area contributed by atoms with Crippen molar-refractivity contribution in [2.45, 2.75) is 26.3 Å². The van der Waals surface area contributed by atoms with Crippen molar-refractivity contribution in [1.82, 2.24) is 20.2 Å². The predicted octanol–water partition coefficient (Wildman–Crippen LogP) is 0.967. The van der Waals surface area contributed by atoms with Gasteiger partial charge in [0.25, 0.3) is 0 Å². The SMILES string of the molecule is CCNc1nc(NC(CC)CO)c2cn[nH]c2n1. The molecule has 18 heavy (non-hydrogen) atoms. The van der Waals surface area contributed by atoms with Crippen LogP contribution in [0.5, 0.6) is 0 Å². The van der Waals surface area contributed by atoms with E-state index in [4.69, 9.17) is 0 Å². The molecule has 7 nitrogen and oxygen atoms in total. The van der Waals surface area contributed by atoms with Gasteiger partial charge in [-0.05, 0) is 13.3 Å². The highest BCUT2D eigenvalue weighted by molar-refractivity contribution is 5.87. The molecule has 4 N–H and O–H groups in total. The highest BCUT2D eigenvalue weighted by atomic mass is 16.3. The molecule has 0 aromatic carbocycles. The van der Waals surface area contributed by atoms with Crippen molar-refractivity contribution >= 4 is 22.8 Å². The number of H-pyrrole nitrogens is 1. The second-order valence-electron chi connectivity index (χ2n) is 3.99. The summed E-state index contributed by atoms with van der Waals surface area (Å²) in [4.78, 5) is 8.70. The van der Waals surface area contributed by atoms with Gasteiger partial charge in [-0.2, -0.15) is 15.1 Å². The lowest BCUT2D eigenvalue weighted by molar-refractivity contribution is 0.271. The zero-order chi connectivity index (χ0) is 13.0. The third kappa shape index (κ3) is 2.51. The molecule has 7 heteroatoms. The molecule has 0 aliphatic carbocycles. The monoisotopic (exact) mass is 250 g/mol. The van der Waals surface area contributed by atoms with Gasteiger partial charge in [0, 0.05) is 6.54 Å². The van der Waals surface area contributed by atoms with Gasteiger partial charge in [0.05, 0.1) is 24.2 Å². The fourth-order valence-corrected chi connectivity index (χ4v) is 1.65. The second kappa shape index (κ2) is 5.63. The average molecular weight is 250 g/mol. The van der Waals surface area contributed by atoms with Crippen LogP contribution in [0.3, 0.4) is 0 Å². The molecule has 0 fully saturated rings. The number of hydrogen-bond acceptors (Lipinski definition) is 6. The van der Waals surface area contributed by atoms with E-state index in [-0.39, 0.29) is 12.6 Å². The van der Waals surface area contributed by atoms with E-state index < -0.39 is 0 Å². The summed E-state index contributed by atoms with van der Waals surface area (Å²) in [5.74, 6) is 1.23. The van der Waals surface area contributed by atoms with Gasteiger partial charge in [-0.15, -0.1) is 0 Å². The van der Waals surface area contributed by atoms with E-state index in [1.54, 1.807) is 6.20 Å². The van der Waals surface area contributed by atoms with Crippen LogP contribution in [-0.2, 0) is 0 Å². The average Bonchev–Trinajstić information content (AvgIpc) is 2.84. The molecule has 0 amide bonds. The third-order valence-electron chi connectivity index (χ3n) is 2.70. The quantitative estimate of drug-likeness (QED) is 0.609. The third-order valence-corrected chi connectivity index (χ3v) is 2.70. The summed E-state index contributed by atoms with van der Waals surface area (Å²) in [6.45, 7) is 4.80. The molecule has 2 aromatic rings. The number of aliphatic hydroxyl groups is 1. The molecule has 0 bridgehead atoms. The minimum atomic E-state index is -0.0209. The number of hydrogen-bond donors (Lipinski definition) is 4. The van der Waals surface area contributed by atoms with Crippen molar-refractivity contribution in [2.75, 3.05) is 23.8 Å². The Morgan fingerprint density at radius 1 is 1.39 bits per heavy atom. The molecule has 0 aliphatic rings. The van der Waals surface area contributed by atoms with Gasteiger partial charge in [-0.1, -0.05) is 6.92 Å². The number of aromatic nitrogens is 4. The van der Waals surface area contributed by atoms with E-state index in [0.29, 0.717) is 17.4 Å². The molecule has 2 heterocycles. The van der Waals surface area contributed by atoms with Crippen LogP contribution in [-0.4, -0.2) is 44.5 Å². The van der Waals surface area contributed by atoms with E-state index in [9.17, 15) is 5.11 Å². The number of rotatable bonds is 6. The van der Waals surface area contributed by atoms with E-state index in [1.807, 2.05) is 13.8 Å². The number of anilines is 2. The summed E-state index contributed by atoms with van der Waals surface area (Å²) in [5.41, 5.74) is 0.677. The van der Waals surface area contributed by atoms with Crippen LogP contribution in [0.25, 0.3) is 11.0 Å². The molecule has 1 atom stereocenters. The van der Waals surface area contributed by atoms with E-state index in [2.05, 4.69) is 30.8 Å². The smallest absolute Gasteiger partial charge is 0.226 e. The Labute approximate surface area is 105 Å². The zero-order valence-corrected chi connectivity index (χ0v) is 10.6. The standard InChI is InChI=1S/C11H18N6O/c1-3-7(6-18)14-9-8-5-13-17-10(8)16-11(15-9)12-4-2/h5,7,18H,3-4,6H2,1-2H3,(H3,12,13,14,15,16,17). The first-order valence-electron chi connectivity index (χ1n) is 6.10. The van der Waals surface area contributed by atoms with Crippen molar-refractivity contribution in [3.63, 3.8) is 0 Å². The first kappa shape index (κ1) is 12.6. The topological polar surface area (TPSA) is 98.8 Å².